The molecule has 0 aliphatic rings. The molecule has 16 heavy (non-hydrogen) atoms. The van der Waals surface area contributed by atoms with E-state index in [2.05, 4.69) is 0 Å². The number of ether oxygens (including phenoxy) is 1. The molecular weight excluding hydrogens is 209 g/mol. The van der Waals surface area contributed by atoms with Crippen molar-refractivity contribution in [3.05, 3.63) is 35.6 Å². The first-order chi connectivity index (χ1) is 7.68. The quantitative estimate of drug-likeness (QED) is 0.763. The van der Waals surface area contributed by atoms with Crippen molar-refractivity contribution in [2.75, 3.05) is 26.9 Å². The molecule has 0 bridgehead atoms. The molecule has 1 unspecified atom stereocenters. The van der Waals surface area contributed by atoms with Gasteiger partial charge in [0.05, 0.1) is 6.61 Å². The second-order valence-electron chi connectivity index (χ2n) is 3.90. The Hall–Kier alpha value is -0.970. The molecule has 1 atom stereocenters. The summed E-state index contributed by atoms with van der Waals surface area (Å²) in [5.41, 5.74) is 5.81. The highest BCUT2D eigenvalue weighted by Crippen LogP contribution is 2.27. The molecule has 0 fully saturated rings. The lowest BCUT2D eigenvalue weighted by atomic mass is 9.78. The van der Waals surface area contributed by atoms with Gasteiger partial charge in [0.25, 0.3) is 0 Å². The Balaban J connectivity index is 2.99. The van der Waals surface area contributed by atoms with Gasteiger partial charge in [-0.25, -0.2) is 4.39 Å². The van der Waals surface area contributed by atoms with E-state index < -0.39 is 5.41 Å². The predicted molar refractivity (Wildman–Crippen MR) is 60.7 cm³/mol. The van der Waals surface area contributed by atoms with E-state index in [1.54, 1.807) is 19.2 Å². The molecule has 0 aliphatic carbocycles. The summed E-state index contributed by atoms with van der Waals surface area (Å²) in [6, 6.07) is 6.19. The second kappa shape index (κ2) is 5.94. The van der Waals surface area contributed by atoms with Crippen molar-refractivity contribution in [3.8, 4) is 0 Å². The summed E-state index contributed by atoms with van der Waals surface area (Å²) in [6.45, 7) is 0.626. The third kappa shape index (κ3) is 2.78. The summed E-state index contributed by atoms with van der Waals surface area (Å²) in [5.74, 6) is -0.318. The molecule has 1 aromatic carbocycles. The lowest BCUT2D eigenvalue weighted by Crippen LogP contribution is -2.40. The zero-order valence-corrected chi connectivity index (χ0v) is 9.45. The maximum atomic E-state index is 13.1. The van der Waals surface area contributed by atoms with Crippen LogP contribution in [0.25, 0.3) is 0 Å². The van der Waals surface area contributed by atoms with Crippen molar-refractivity contribution in [2.24, 2.45) is 5.73 Å². The molecular formula is C12H18FNO2. The number of hydrogen-bond donors (Lipinski definition) is 2. The van der Waals surface area contributed by atoms with E-state index >= 15 is 0 Å². The SMILES string of the molecule is COCCC(CN)(CO)c1cccc(F)c1. The Morgan fingerprint density at radius 2 is 2.25 bits per heavy atom. The van der Waals surface area contributed by atoms with Crippen LogP contribution < -0.4 is 5.73 Å². The van der Waals surface area contributed by atoms with Gasteiger partial charge < -0.3 is 15.6 Å². The van der Waals surface area contributed by atoms with Crippen LogP contribution in [0.1, 0.15) is 12.0 Å². The molecule has 90 valence electrons. The first-order valence-corrected chi connectivity index (χ1v) is 5.24. The predicted octanol–water partition coefficient (Wildman–Crippen LogP) is 1.05. The fraction of sp³-hybridized carbons (Fsp3) is 0.500. The minimum absolute atomic E-state index is 0.115. The lowest BCUT2D eigenvalue weighted by molar-refractivity contribution is 0.129. The fourth-order valence-corrected chi connectivity index (χ4v) is 1.71. The summed E-state index contributed by atoms with van der Waals surface area (Å²) in [6.07, 6.45) is 0.569. The van der Waals surface area contributed by atoms with Gasteiger partial charge in [0.2, 0.25) is 0 Å². The number of aliphatic hydroxyl groups excluding tert-OH is 1. The molecule has 1 aromatic rings. The van der Waals surface area contributed by atoms with E-state index in [1.807, 2.05) is 0 Å². The third-order valence-electron chi connectivity index (χ3n) is 2.92. The average molecular weight is 227 g/mol. The molecule has 0 saturated heterocycles. The molecule has 0 heterocycles. The first-order valence-electron chi connectivity index (χ1n) is 5.24. The molecule has 0 aromatic heterocycles. The molecule has 0 saturated carbocycles. The van der Waals surface area contributed by atoms with Crippen LogP contribution in [-0.4, -0.2) is 32.0 Å². The maximum absolute atomic E-state index is 13.1. The van der Waals surface area contributed by atoms with Gasteiger partial charge in [-0.1, -0.05) is 12.1 Å². The zero-order chi connectivity index (χ0) is 12.0. The van der Waals surface area contributed by atoms with Crippen molar-refractivity contribution in [1.29, 1.82) is 0 Å². The standard InChI is InChI=1S/C12H18FNO2/c1-16-6-5-12(8-14,9-15)10-3-2-4-11(13)7-10/h2-4,7,15H,5-6,8-9,14H2,1H3. The van der Waals surface area contributed by atoms with E-state index in [-0.39, 0.29) is 19.0 Å². The van der Waals surface area contributed by atoms with E-state index in [9.17, 15) is 9.50 Å². The Morgan fingerprint density at radius 3 is 2.75 bits per heavy atom. The van der Waals surface area contributed by atoms with Gasteiger partial charge >= 0.3 is 0 Å². The molecule has 0 spiro atoms. The van der Waals surface area contributed by atoms with E-state index in [1.165, 1.54) is 12.1 Å². The molecule has 1 rings (SSSR count). The topological polar surface area (TPSA) is 55.5 Å². The van der Waals surface area contributed by atoms with Crippen LogP contribution in [0.3, 0.4) is 0 Å². The minimum Gasteiger partial charge on any atom is -0.395 e. The van der Waals surface area contributed by atoms with Gasteiger partial charge in [-0.3, -0.25) is 0 Å². The lowest BCUT2D eigenvalue weighted by Gasteiger charge is -2.30. The van der Waals surface area contributed by atoms with Crippen molar-refractivity contribution >= 4 is 0 Å². The highest BCUT2D eigenvalue weighted by molar-refractivity contribution is 5.27. The van der Waals surface area contributed by atoms with Gasteiger partial charge in [-0.05, 0) is 24.1 Å². The maximum Gasteiger partial charge on any atom is 0.123 e. The van der Waals surface area contributed by atoms with Crippen LogP contribution in [0.15, 0.2) is 24.3 Å². The summed E-state index contributed by atoms with van der Waals surface area (Å²) in [4.78, 5) is 0. The molecule has 0 aliphatic heterocycles. The summed E-state index contributed by atoms with van der Waals surface area (Å²) in [7, 11) is 1.59. The van der Waals surface area contributed by atoms with Crippen LogP contribution in [0.5, 0.6) is 0 Å². The monoisotopic (exact) mass is 227 g/mol. The molecule has 3 nitrogen and oxygen atoms in total. The first kappa shape index (κ1) is 13.1. The zero-order valence-electron chi connectivity index (χ0n) is 9.45. The number of rotatable bonds is 6. The van der Waals surface area contributed by atoms with Crippen LogP contribution >= 0.6 is 0 Å². The van der Waals surface area contributed by atoms with Gasteiger partial charge in [-0.15, -0.1) is 0 Å². The normalized spacial score (nSPS) is 14.8. The van der Waals surface area contributed by atoms with Crippen molar-refractivity contribution in [3.63, 3.8) is 0 Å². The Labute approximate surface area is 95.0 Å². The van der Waals surface area contributed by atoms with Crippen molar-refractivity contribution in [1.82, 2.24) is 0 Å². The van der Waals surface area contributed by atoms with Crippen LogP contribution in [-0.2, 0) is 10.2 Å². The number of aliphatic hydroxyl groups is 1. The Morgan fingerprint density at radius 1 is 1.50 bits per heavy atom. The highest BCUT2D eigenvalue weighted by atomic mass is 19.1. The molecule has 4 heteroatoms. The second-order valence-corrected chi connectivity index (χ2v) is 3.90. The molecule has 0 amide bonds. The van der Waals surface area contributed by atoms with E-state index in [0.29, 0.717) is 13.0 Å². The smallest absolute Gasteiger partial charge is 0.123 e. The Kier molecular flexibility index (Phi) is 4.86. The van der Waals surface area contributed by atoms with Gasteiger partial charge in [0, 0.05) is 25.7 Å². The summed E-state index contributed by atoms with van der Waals surface area (Å²) >= 11 is 0. The number of methoxy groups -OCH3 is 1. The van der Waals surface area contributed by atoms with Crippen LogP contribution in [0.4, 0.5) is 4.39 Å². The largest absolute Gasteiger partial charge is 0.395 e. The third-order valence-corrected chi connectivity index (χ3v) is 2.92. The molecule has 0 radical (unpaired) electrons. The van der Waals surface area contributed by atoms with E-state index in [0.717, 1.165) is 5.56 Å². The fourth-order valence-electron chi connectivity index (χ4n) is 1.71. The summed E-state index contributed by atoms with van der Waals surface area (Å²) < 4.78 is 18.1. The van der Waals surface area contributed by atoms with Gasteiger partial charge in [0.1, 0.15) is 5.82 Å². The Bertz CT molecular complexity index is 327. The van der Waals surface area contributed by atoms with Crippen molar-refractivity contribution in [2.45, 2.75) is 11.8 Å². The number of benzene rings is 1. The van der Waals surface area contributed by atoms with Crippen LogP contribution in [0.2, 0.25) is 0 Å². The van der Waals surface area contributed by atoms with Crippen molar-refractivity contribution < 1.29 is 14.2 Å². The van der Waals surface area contributed by atoms with Crippen LogP contribution in [0, 0.1) is 5.82 Å². The van der Waals surface area contributed by atoms with E-state index in [4.69, 9.17) is 10.5 Å². The highest BCUT2D eigenvalue weighted by Gasteiger charge is 2.30. The number of nitrogens with two attached hydrogens (primary N) is 1. The summed E-state index contributed by atoms with van der Waals surface area (Å²) in [5, 5.41) is 9.49. The number of halogens is 1. The average Bonchev–Trinajstić information content (AvgIpc) is 2.31. The van der Waals surface area contributed by atoms with Gasteiger partial charge in [-0.2, -0.15) is 0 Å². The number of hydrogen-bond acceptors (Lipinski definition) is 3. The van der Waals surface area contributed by atoms with Gasteiger partial charge in [0.15, 0.2) is 0 Å². The molecule has 3 N–H and O–H groups in total. The minimum atomic E-state index is -0.613.